The Morgan fingerprint density at radius 1 is 1.30 bits per heavy atom. The maximum atomic E-state index is 12.8. The largest absolute Gasteiger partial charge is 0.508 e. The highest BCUT2D eigenvalue weighted by Gasteiger charge is 2.32. The second kappa shape index (κ2) is 9.42. The van der Waals surface area contributed by atoms with Gasteiger partial charge in [0.25, 0.3) is 0 Å². The number of ether oxygens (including phenoxy) is 2. The Labute approximate surface area is 176 Å². The molecule has 1 saturated carbocycles. The zero-order chi connectivity index (χ0) is 21.7. The van der Waals surface area contributed by atoms with E-state index in [9.17, 15) is 23.1 Å². The summed E-state index contributed by atoms with van der Waals surface area (Å²) in [5, 5.41) is 12.1. The number of amides is 1. The maximum absolute atomic E-state index is 12.8. The molecule has 1 fully saturated rings. The number of pyridine rings is 1. The molecular weight excluding hydrogens is 425 g/mol. The summed E-state index contributed by atoms with van der Waals surface area (Å²) in [6.45, 7) is 0.797. The summed E-state index contributed by atoms with van der Waals surface area (Å²) < 4.78 is 48.9. The number of phenolic OH excluding ortho intramolecular Hbond substituents is 1. The third-order valence-corrected chi connectivity index (χ3v) is 4.72. The van der Waals surface area contributed by atoms with Crippen molar-refractivity contribution in [3.8, 4) is 17.4 Å². The average Bonchev–Trinajstić information content (AvgIpc) is 3.50. The monoisotopic (exact) mass is 444 g/mol. The van der Waals surface area contributed by atoms with Gasteiger partial charge < -0.3 is 19.9 Å². The van der Waals surface area contributed by atoms with Crippen molar-refractivity contribution in [2.75, 3.05) is 13.2 Å². The summed E-state index contributed by atoms with van der Waals surface area (Å²) >= 11 is 5.88. The number of aromatic nitrogens is 1. The molecule has 1 aromatic heterocycles. The number of halogens is 4. The summed E-state index contributed by atoms with van der Waals surface area (Å²) in [6, 6.07) is 5.09. The average molecular weight is 445 g/mol. The molecule has 0 saturated heterocycles. The fourth-order valence-corrected chi connectivity index (χ4v) is 2.84. The Morgan fingerprint density at radius 3 is 2.73 bits per heavy atom. The van der Waals surface area contributed by atoms with Crippen LogP contribution in [0.15, 0.2) is 30.5 Å². The summed E-state index contributed by atoms with van der Waals surface area (Å²) in [4.78, 5) is 15.2. The van der Waals surface area contributed by atoms with Crippen LogP contribution in [0.2, 0.25) is 5.02 Å². The predicted octanol–water partition coefficient (Wildman–Crippen LogP) is 5.32. The fourth-order valence-electron chi connectivity index (χ4n) is 2.63. The molecule has 0 aliphatic heterocycles. The van der Waals surface area contributed by atoms with Gasteiger partial charge in [-0.15, -0.1) is 0 Å². The van der Waals surface area contributed by atoms with Gasteiger partial charge in [0.2, 0.25) is 5.88 Å². The molecule has 1 aliphatic carbocycles. The van der Waals surface area contributed by atoms with E-state index in [1.165, 1.54) is 12.1 Å². The number of alkyl carbamates (subject to hydrolysis) is 1. The van der Waals surface area contributed by atoms with E-state index in [4.69, 9.17) is 21.1 Å². The molecule has 1 aromatic carbocycles. The van der Waals surface area contributed by atoms with Gasteiger partial charge in [0.15, 0.2) is 0 Å². The summed E-state index contributed by atoms with van der Waals surface area (Å²) in [5.41, 5.74) is -0.347. The van der Waals surface area contributed by atoms with Gasteiger partial charge in [-0.25, -0.2) is 9.78 Å². The minimum atomic E-state index is -4.57. The van der Waals surface area contributed by atoms with Gasteiger partial charge in [0.1, 0.15) is 16.5 Å². The van der Waals surface area contributed by atoms with Crippen molar-refractivity contribution >= 4 is 17.7 Å². The molecule has 0 bridgehead atoms. The molecule has 0 atom stereocenters. The SMILES string of the molecule is O=C(NCC1CC1)OCCCc1ccc(O)cc1Oc1ncc(C(F)(F)F)cc1Cl. The van der Waals surface area contributed by atoms with Gasteiger partial charge in [0, 0.05) is 18.8 Å². The van der Waals surface area contributed by atoms with Gasteiger partial charge in [-0.2, -0.15) is 13.2 Å². The third-order valence-electron chi connectivity index (χ3n) is 4.45. The lowest BCUT2D eigenvalue weighted by Crippen LogP contribution is -2.26. The van der Waals surface area contributed by atoms with E-state index in [2.05, 4.69) is 10.3 Å². The predicted molar refractivity (Wildman–Crippen MR) is 103 cm³/mol. The van der Waals surface area contributed by atoms with Crippen LogP contribution in [-0.2, 0) is 17.3 Å². The van der Waals surface area contributed by atoms with Gasteiger partial charge >= 0.3 is 12.3 Å². The molecule has 162 valence electrons. The number of carbonyl (C=O) groups excluding carboxylic acids is 1. The lowest BCUT2D eigenvalue weighted by Gasteiger charge is -2.13. The van der Waals surface area contributed by atoms with E-state index in [-0.39, 0.29) is 29.0 Å². The van der Waals surface area contributed by atoms with Crippen molar-refractivity contribution < 1.29 is 32.5 Å². The highest BCUT2D eigenvalue weighted by Crippen LogP contribution is 2.36. The number of nitrogens with zero attached hydrogens (tertiary/aromatic N) is 1. The molecule has 3 rings (SSSR count). The number of rotatable bonds is 8. The highest BCUT2D eigenvalue weighted by atomic mass is 35.5. The zero-order valence-corrected chi connectivity index (χ0v) is 16.6. The number of carbonyl (C=O) groups is 1. The topological polar surface area (TPSA) is 80.7 Å². The first-order valence-corrected chi connectivity index (χ1v) is 9.73. The minimum Gasteiger partial charge on any atom is -0.508 e. The first kappa shape index (κ1) is 22.0. The molecule has 0 radical (unpaired) electrons. The van der Waals surface area contributed by atoms with Crippen LogP contribution in [-0.4, -0.2) is 29.3 Å². The second-order valence-electron chi connectivity index (χ2n) is 6.97. The first-order valence-electron chi connectivity index (χ1n) is 9.35. The lowest BCUT2D eigenvalue weighted by molar-refractivity contribution is -0.137. The van der Waals surface area contributed by atoms with Crippen LogP contribution in [0.1, 0.15) is 30.4 Å². The van der Waals surface area contributed by atoms with Crippen molar-refractivity contribution in [1.29, 1.82) is 0 Å². The number of alkyl halides is 3. The number of aryl methyl sites for hydroxylation is 1. The smallest absolute Gasteiger partial charge is 0.417 e. The molecule has 1 aliphatic rings. The van der Waals surface area contributed by atoms with Crippen molar-refractivity contribution in [2.45, 2.75) is 31.9 Å². The van der Waals surface area contributed by atoms with Crippen LogP contribution in [0.25, 0.3) is 0 Å². The number of benzene rings is 1. The summed E-state index contributed by atoms with van der Waals surface area (Å²) in [6.07, 6.45) is -1.25. The summed E-state index contributed by atoms with van der Waals surface area (Å²) in [5.74, 6) is 0.446. The Kier molecular flexibility index (Phi) is 6.91. The minimum absolute atomic E-state index is 0.0903. The van der Waals surface area contributed by atoms with Crippen LogP contribution in [0.4, 0.5) is 18.0 Å². The summed E-state index contributed by atoms with van der Waals surface area (Å²) in [7, 11) is 0. The van der Waals surface area contributed by atoms with Gasteiger partial charge in [0.05, 0.1) is 12.2 Å². The molecule has 1 amide bonds. The Morgan fingerprint density at radius 2 is 2.07 bits per heavy atom. The standard InChI is InChI=1S/C20H20ClF3N2O4/c21-16-8-14(20(22,23)24)11-25-18(16)30-17-9-15(27)6-5-13(17)2-1-7-29-19(28)26-10-12-3-4-12/h5-6,8-9,11-12,27H,1-4,7,10H2,(H,26,28). The number of aromatic hydroxyl groups is 1. The van der Waals surface area contributed by atoms with E-state index < -0.39 is 17.8 Å². The van der Waals surface area contributed by atoms with E-state index >= 15 is 0 Å². The van der Waals surface area contributed by atoms with E-state index in [1.54, 1.807) is 6.07 Å². The first-order chi connectivity index (χ1) is 14.2. The van der Waals surface area contributed by atoms with Crippen molar-refractivity contribution in [1.82, 2.24) is 10.3 Å². The van der Waals surface area contributed by atoms with Crippen LogP contribution in [0, 0.1) is 5.92 Å². The number of nitrogens with one attached hydrogen (secondary N) is 1. The van der Waals surface area contributed by atoms with Crippen LogP contribution < -0.4 is 10.1 Å². The Hall–Kier alpha value is -2.68. The molecular formula is C20H20ClF3N2O4. The third kappa shape index (κ3) is 6.41. The van der Waals surface area contributed by atoms with Gasteiger partial charge in [-0.05, 0) is 49.3 Å². The van der Waals surface area contributed by atoms with Gasteiger partial charge in [-0.1, -0.05) is 17.7 Å². The molecule has 2 N–H and O–H groups in total. The van der Waals surface area contributed by atoms with E-state index in [0.29, 0.717) is 37.1 Å². The lowest BCUT2D eigenvalue weighted by atomic mass is 10.1. The fraction of sp³-hybridized carbons (Fsp3) is 0.400. The van der Waals surface area contributed by atoms with Crippen LogP contribution >= 0.6 is 11.6 Å². The van der Waals surface area contributed by atoms with Crippen molar-refractivity contribution in [2.24, 2.45) is 5.92 Å². The maximum Gasteiger partial charge on any atom is 0.417 e. The normalized spacial score (nSPS) is 13.7. The highest BCUT2D eigenvalue weighted by molar-refractivity contribution is 6.31. The molecule has 30 heavy (non-hydrogen) atoms. The Balaban J connectivity index is 1.59. The number of hydrogen-bond acceptors (Lipinski definition) is 5. The number of phenols is 1. The molecule has 2 aromatic rings. The quantitative estimate of drug-likeness (QED) is 0.538. The van der Waals surface area contributed by atoms with Crippen molar-refractivity contribution in [3.63, 3.8) is 0 Å². The zero-order valence-electron chi connectivity index (χ0n) is 15.8. The van der Waals surface area contributed by atoms with Crippen molar-refractivity contribution in [3.05, 3.63) is 46.6 Å². The molecule has 10 heteroatoms. The Bertz CT molecular complexity index is 904. The van der Waals surface area contributed by atoms with Crippen LogP contribution in [0.3, 0.4) is 0 Å². The molecule has 0 spiro atoms. The van der Waals surface area contributed by atoms with E-state index in [1.807, 2.05) is 0 Å². The van der Waals surface area contributed by atoms with Crippen LogP contribution in [0.5, 0.6) is 17.4 Å². The second-order valence-corrected chi connectivity index (χ2v) is 7.37. The molecule has 0 unspecified atom stereocenters. The van der Waals surface area contributed by atoms with Gasteiger partial charge in [-0.3, -0.25) is 0 Å². The number of hydrogen-bond donors (Lipinski definition) is 2. The molecule has 6 nitrogen and oxygen atoms in total. The molecule has 1 heterocycles. The van der Waals surface area contributed by atoms with E-state index in [0.717, 1.165) is 18.9 Å².